The maximum Gasteiger partial charge on any atom is 0.132 e. The number of halogens is 1. The molecule has 1 aromatic rings. The van der Waals surface area contributed by atoms with Crippen LogP contribution in [-0.4, -0.2) is 5.11 Å². The second-order valence-electron chi connectivity index (χ2n) is 2.61. The fourth-order valence-electron chi connectivity index (χ4n) is 1.08. The molecule has 0 amide bonds. The van der Waals surface area contributed by atoms with E-state index in [1.54, 1.807) is 0 Å². The van der Waals surface area contributed by atoms with E-state index in [1.165, 1.54) is 5.56 Å². The molecule has 1 aromatic carbocycles. The largest absolute Gasteiger partial charge is 0.506 e. The number of phenolic OH excluding ortho intramolecular Hbond substituents is 1. The van der Waals surface area contributed by atoms with Gasteiger partial charge in [-0.15, -0.1) is 0 Å². The molecule has 0 unspecified atom stereocenters. The van der Waals surface area contributed by atoms with Crippen molar-refractivity contribution in [3.63, 3.8) is 0 Å². The zero-order chi connectivity index (χ0) is 8.43. The molecule has 0 aliphatic carbocycles. The van der Waals surface area contributed by atoms with Crippen LogP contribution in [0, 0.1) is 6.92 Å². The number of rotatable bonds is 1. The van der Waals surface area contributed by atoms with E-state index in [0.717, 1.165) is 16.5 Å². The van der Waals surface area contributed by atoms with E-state index in [0.29, 0.717) is 5.75 Å². The van der Waals surface area contributed by atoms with Gasteiger partial charge in [-0.2, -0.15) is 0 Å². The third-order valence-electron chi connectivity index (χ3n) is 1.67. The van der Waals surface area contributed by atoms with Gasteiger partial charge < -0.3 is 5.11 Å². The number of aromatic hydroxyl groups is 1. The highest BCUT2D eigenvalue weighted by atomic mass is 79.9. The van der Waals surface area contributed by atoms with E-state index in [1.807, 2.05) is 26.0 Å². The van der Waals surface area contributed by atoms with Crippen molar-refractivity contribution in [3.8, 4) is 5.75 Å². The van der Waals surface area contributed by atoms with Crippen molar-refractivity contribution >= 4 is 15.9 Å². The lowest BCUT2D eigenvalue weighted by molar-refractivity contribution is 0.465. The van der Waals surface area contributed by atoms with E-state index in [-0.39, 0.29) is 0 Å². The summed E-state index contributed by atoms with van der Waals surface area (Å²) in [4.78, 5) is 0. The Morgan fingerprint density at radius 3 is 2.64 bits per heavy atom. The first-order valence-corrected chi connectivity index (χ1v) is 4.42. The van der Waals surface area contributed by atoms with Gasteiger partial charge in [0.2, 0.25) is 0 Å². The van der Waals surface area contributed by atoms with Gasteiger partial charge in [0.1, 0.15) is 5.75 Å². The molecule has 0 aliphatic rings. The van der Waals surface area contributed by atoms with Gasteiger partial charge in [0, 0.05) is 0 Å². The first-order valence-electron chi connectivity index (χ1n) is 3.63. The van der Waals surface area contributed by atoms with Crippen molar-refractivity contribution in [3.05, 3.63) is 27.7 Å². The van der Waals surface area contributed by atoms with Gasteiger partial charge in [-0.3, -0.25) is 0 Å². The Labute approximate surface area is 75.2 Å². The minimum atomic E-state index is 0.373. The van der Waals surface area contributed by atoms with Crippen LogP contribution in [0.25, 0.3) is 0 Å². The smallest absolute Gasteiger partial charge is 0.132 e. The van der Waals surface area contributed by atoms with Crippen molar-refractivity contribution in [2.45, 2.75) is 20.3 Å². The fourth-order valence-corrected chi connectivity index (χ4v) is 1.69. The van der Waals surface area contributed by atoms with E-state index in [2.05, 4.69) is 15.9 Å². The molecule has 2 heteroatoms. The van der Waals surface area contributed by atoms with Gasteiger partial charge in [0.15, 0.2) is 0 Å². The minimum absolute atomic E-state index is 0.373. The van der Waals surface area contributed by atoms with Crippen molar-refractivity contribution in [1.82, 2.24) is 0 Å². The van der Waals surface area contributed by atoms with Gasteiger partial charge in [-0.05, 0) is 46.5 Å². The Balaban J connectivity index is 3.24. The molecule has 0 heterocycles. The second kappa shape index (κ2) is 3.26. The zero-order valence-electron chi connectivity index (χ0n) is 6.69. The summed E-state index contributed by atoms with van der Waals surface area (Å²) in [5.74, 6) is 0.373. The van der Waals surface area contributed by atoms with E-state index in [9.17, 15) is 5.11 Å². The molecule has 0 aromatic heterocycles. The van der Waals surface area contributed by atoms with Crippen molar-refractivity contribution in [1.29, 1.82) is 0 Å². The molecular formula is C9H11BrO. The normalized spacial score (nSPS) is 10.1. The van der Waals surface area contributed by atoms with Gasteiger partial charge in [-0.1, -0.05) is 13.0 Å². The van der Waals surface area contributed by atoms with Gasteiger partial charge >= 0.3 is 0 Å². The highest BCUT2D eigenvalue weighted by Gasteiger charge is 2.03. The predicted molar refractivity (Wildman–Crippen MR) is 49.9 cm³/mol. The summed E-state index contributed by atoms with van der Waals surface area (Å²) in [5.41, 5.74) is 2.17. The lowest BCUT2D eigenvalue weighted by Gasteiger charge is -2.04. The molecule has 0 fully saturated rings. The molecule has 1 nitrogen and oxygen atoms in total. The standard InChI is InChI=1S/C9H11BrO/c1-3-7-4-6(2)5-8(10)9(7)11/h4-5,11H,3H2,1-2H3. The summed E-state index contributed by atoms with van der Waals surface area (Å²) in [5, 5.41) is 9.48. The Kier molecular flexibility index (Phi) is 2.55. The van der Waals surface area contributed by atoms with Crippen LogP contribution in [0.15, 0.2) is 16.6 Å². The second-order valence-corrected chi connectivity index (χ2v) is 3.46. The van der Waals surface area contributed by atoms with Gasteiger partial charge in [-0.25, -0.2) is 0 Å². The number of aryl methyl sites for hydroxylation is 2. The third-order valence-corrected chi connectivity index (χ3v) is 2.27. The van der Waals surface area contributed by atoms with E-state index < -0.39 is 0 Å². The first-order chi connectivity index (χ1) is 5.15. The van der Waals surface area contributed by atoms with Crippen LogP contribution in [-0.2, 0) is 6.42 Å². The van der Waals surface area contributed by atoms with E-state index >= 15 is 0 Å². The van der Waals surface area contributed by atoms with Crippen LogP contribution in [0.1, 0.15) is 18.1 Å². The molecule has 0 atom stereocenters. The lowest BCUT2D eigenvalue weighted by Crippen LogP contribution is -1.84. The minimum Gasteiger partial charge on any atom is -0.506 e. The first kappa shape index (κ1) is 8.60. The molecule has 0 saturated heterocycles. The Morgan fingerprint density at radius 2 is 2.09 bits per heavy atom. The maximum atomic E-state index is 9.48. The molecule has 1 rings (SSSR count). The summed E-state index contributed by atoms with van der Waals surface area (Å²) < 4.78 is 0.786. The number of benzene rings is 1. The van der Waals surface area contributed by atoms with E-state index in [4.69, 9.17) is 0 Å². The Morgan fingerprint density at radius 1 is 1.45 bits per heavy atom. The van der Waals surface area contributed by atoms with Crippen molar-refractivity contribution in [2.75, 3.05) is 0 Å². The average Bonchev–Trinajstić information content (AvgIpc) is 1.96. The Bertz CT molecular complexity index is 269. The summed E-state index contributed by atoms with van der Waals surface area (Å²) in [7, 11) is 0. The third kappa shape index (κ3) is 1.74. The highest BCUT2D eigenvalue weighted by molar-refractivity contribution is 9.10. The molecule has 11 heavy (non-hydrogen) atoms. The summed E-state index contributed by atoms with van der Waals surface area (Å²) in [6.07, 6.45) is 0.867. The quantitative estimate of drug-likeness (QED) is 0.763. The summed E-state index contributed by atoms with van der Waals surface area (Å²) in [6.45, 7) is 4.05. The van der Waals surface area contributed by atoms with Crippen LogP contribution >= 0.6 is 15.9 Å². The summed E-state index contributed by atoms with van der Waals surface area (Å²) >= 11 is 3.29. The van der Waals surface area contributed by atoms with Crippen LogP contribution < -0.4 is 0 Å². The topological polar surface area (TPSA) is 20.2 Å². The molecule has 0 bridgehead atoms. The lowest BCUT2D eigenvalue weighted by atomic mass is 10.1. The molecule has 0 saturated carbocycles. The van der Waals surface area contributed by atoms with Crippen molar-refractivity contribution < 1.29 is 5.11 Å². The monoisotopic (exact) mass is 214 g/mol. The average molecular weight is 215 g/mol. The molecule has 1 N–H and O–H groups in total. The molecule has 60 valence electrons. The van der Waals surface area contributed by atoms with Crippen molar-refractivity contribution in [2.24, 2.45) is 0 Å². The number of phenols is 1. The fraction of sp³-hybridized carbons (Fsp3) is 0.333. The zero-order valence-corrected chi connectivity index (χ0v) is 8.27. The Hall–Kier alpha value is -0.500. The summed E-state index contributed by atoms with van der Waals surface area (Å²) in [6, 6.07) is 3.91. The van der Waals surface area contributed by atoms with Crippen LogP contribution in [0.3, 0.4) is 0 Å². The maximum absolute atomic E-state index is 9.48. The van der Waals surface area contributed by atoms with Gasteiger partial charge in [0.25, 0.3) is 0 Å². The number of hydrogen-bond donors (Lipinski definition) is 1. The van der Waals surface area contributed by atoms with Crippen LogP contribution in [0.4, 0.5) is 0 Å². The molecule has 0 aliphatic heterocycles. The molecular weight excluding hydrogens is 204 g/mol. The SMILES string of the molecule is CCc1cc(C)cc(Br)c1O. The highest BCUT2D eigenvalue weighted by Crippen LogP contribution is 2.29. The molecule has 0 radical (unpaired) electrons. The molecule has 0 spiro atoms. The van der Waals surface area contributed by atoms with Gasteiger partial charge in [0.05, 0.1) is 4.47 Å². The van der Waals surface area contributed by atoms with Crippen LogP contribution in [0.5, 0.6) is 5.75 Å². The van der Waals surface area contributed by atoms with Crippen LogP contribution in [0.2, 0.25) is 0 Å². The predicted octanol–water partition coefficient (Wildman–Crippen LogP) is 3.03. The number of hydrogen-bond acceptors (Lipinski definition) is 1.